The Balaban J connectivity index is 3.39. The molecule has 0 aromatic rings. The van der Waals surface area contributed by atoms with Crippen molar-refractivity contribution in [2.24, 2.45) is 5.73 Å². The fourth-order valence-corrected chi connectivity index (χ4v) is 0.600. The van der Waals surface area contributed by atoms with E-state index in [-0.39, 0.29) is 6.42 Å². The van der Waals surface area contributed by atoms with Gasteiger partial charge in [-0.25, -0.2) is 0 Å². The summed E-state index contributed by atoms with van der Waals surface area (Å²) in [4.78, 5) is 10.2. The number of amides is 1. The Morgan fingerprint density at radius 1 is 1.67 bits per heavy atom. The van der Waals surface area contributed by atoms with Crippen LogP contribution in [-0.2, 0) is 4.79 Å². The maximum Gasteiger partial charge on any atom is 0.223 e. The fourth-order valence-electron chi connectivity index (χ4n) is 0.600. The lowest BCUT2D eigenvalue weighted by atomic mass is 10.1. The molecule has 0 unspecified atom stereocenters. The molecule has 0 fully saturated rings. The second-order valence-corrected chi connectivity index (χ2v) is 2.00. The van der Waals surface area contributed by atoms with E-state index in [1.807, 2.05) is 6.92 Å². The van der Waals surface area contributed by atoms with Gasteiger partial charge in [-0.2, -0.15) is 0 Å². The molecule has 0 saturated carbocycles. The van der Waals surface area contributed by atoms with Crippen LogP contribution in [0, 0.1) is 5.41 Å². The molecule has 3 heteroatoms. The summed E-state index contributed by atoms with van der Waals surface area (Å²) in [6.07, 6.45) is 1.71. The van der Waals surface area contributed by atoms with Crippen molar-refractivity contribution in [2.45, 2.75) is 26.2 Å². The van der Waals surface area contributed by atoms with Gasteiger partial charge in [0.25, 0.3) is 0 Å². The Morgan fingerprint density at radius 3 is 2.56 bits per heavy atom. The first-order chi connectivity index (χ1) is 4.16. The highest BCUT2D eigenvalue weighted by Gasteiger charge is 1.98. The lowest BCUT2D eigenvalue weighted by Crippen LogP contribution is -2.15. The molecule has 0 bridgehead atoms. The zero-order chi connectivity index (χ0) is 7.28. The Labute approximate surface area is 54.8 Å². The van der Waals surface area contributed by atoms with E-state index in [0.717, 1.165) is 6.42 Å². The molecular formula is C6H12N2O. The molecule has 0 aliphatic rings. The Bertz CT molecular complexity index is 120. The van der Waals surface area contributed by atoms with Crippen molar-refractivity contribution in [3.8, 4) is 0 Å². The number of primary amides is 1. The highest BCUT2D eigenvalue weighted by atomic mass is 16.1. The minimum absolute atomic E-state index is 0.119. The topological polar surface area (TPSA) is 66.9 Å². The average Bonchev–Trinajstić information content (AvgIpc) is 1.63. The molecule has 0 aromatic carbocycles. The summed E-state index contributed by atoms with van der Waals surface area (Å²) < 4.78 is 0. The molecular weight excluding hydrogens is 116 g/mol. The lowest BCUT2D eigenvalue weighted by Gasteiger charge is -1.95. The van der Waals surface area contributed by atoms with Crippen molar-refractivity contribution in [3.63, 3.8) is 0 Å². The molecule has 1 amide bonds. The van der Waals surface area contributed by atoms with Crippen LogP contribution in [0.25, 0.3) is 0 Å². The van der Waals surface area contributed by atoms with Gasteiger partial charge in [-0.3, -0.25) is 4.79 Å². The van der Waals surface area contributed by atoms with E-state index in [1.165, 1.54) is 0 Å². The van der Waals surface area contributed by atoms with Crippen molar-refractivity contribution in [3.05, 3.63) is 0 Å². The molecule has 0 spiro atoms. The van der Waals surface area contributed by atoms with Crippen LogP contribution < -0.4 is 5.73 Å². The number of hydrogen-bond acceptors (Lipinski definition) is 2. The molecule has 0 rings (SSSR count). The third-order valence-corrected chi connectivity index (χ3v) is 0.939. The van der Waals surface area contributed by atoms with E-state index in [0.29, 0.717) is 12.1 Å². The summed E-state index contributed by atoms with van der Waals surface area (Å²) in [5.74, 6) is -0.409. The second kappa shape index (κ2) is 4.06. The summed E-state index contributed by atoms with van der Waals surface area (Å²) >= 11 is 0. The van der Waals surface area contributed by atoms with E-state index in [9.17, 15) is 4.79 Å². The number of nitrogens with two attached hydrogens (primary N) is 1. The van der Waals surface area contributed by atoms with Crippen molar-refractivity contribution in [2.75, 3.05) is 0 Å². The van der Waals surface area contributed by atoms with Crippen molar-refractivity contribution in [1.82, 2.24) is 0 Å². The van der Waals surface area contributed by atoms with Crippen LogP contribution in [0.3, 0.4) is 0 Å². The first-order valence-electron chi connectivity index (χ1n) is 3.01. The molecule has 0 aliphatic carbocycles. The maximum atomic E-state index is 10.2. The van der Waals surface area contributed by atoms with Crippen LogP contribution in [0.2, 0.25) is 0 Å². The Kier molecular flexibility index (Phi) is 3.67. The van der Waals surface area contributed by atoms with E-state index < -0.39 is 5.91 Å². The normalized spacial score (nSPS) is 9.00. The van der Waals surface area contributed by atoms with Gasteiger partial charge in [-0.05, 0) is 6.42 Å². The lowest BCUT2D eigenvalue weighted by molar-refractivity contribution is -0.116. The van der Waals surface area contributed by atoms with Gasteiger partial charge in [0, 0.05) is 5.71 Å². The number of carbonyl (C=O) groups excluding carboxylic acids is 1. The van der Waals surface area contributed by atoms with Gasteiger partial charge in [0.15, 0.2) is 0 Å². The fraction of sp³-hybridized carbons (Fsp3) is 0.667. The molecule has 0 atom stereocenters. The van der Waals surface area contributed by atoms with Gasteiger partial charge in [0.2, 0.25) is 5.91 Å². The molecule has 9 heavy (non-hydrogen) atoms. The van der Waals surface area contributed by atoms with E-state index >= 15 is 0 Å². The monoisotopic (exact) mass is 128 g/mol. The molecule has 0 heterocycles. The largest absolute Gasteiger partial charge is 0.369 e. The summed E-state index contributed by atoms with van der Waals surface area (Å²) in [6, 6.07) is 0. The van der Waals surface area contributed by atoms with E-state index in [1.54, 1.807) is 0 Å². The van der Waals surface area contributed by atoms with Crippen LogP contribution in [0.5, 0.6) is 0 Å². The van der Waals surface area contributed by atoms with Gasteiger partial charge in [-0.1, -0.05) is 13.3 Å². The highest BCUT2D eigenvalue weighted by molar-refractivity contribution is 5.98. The molecule has 0 aromatic heterocycles. The third kappa shape index (κ3) is 5.00. The molecule has 0 radical (unpaired) electrons. The predicted octanol–water partition coefficient (Wildman–Crippen LogP) is 0.682. The minimum atomic E-state index is -0.409. The highest BCUT2D eigenvalue weighted by Crippen LogP contribution is 1.92. The van der Waals surface area contributed by atoms with Gasteiger partial charge in [-0.15, -0.1) is 0 Å². The average molecular weight is 128 g/mol. The molecule has 3 nitrogen and oxygen atoms in total. The van der Waals surface area contributed by atoms with Gasteiger partial charge in [0.05, 0.1) is 6.42 Å². The number of hydrogen-bond donors (Lipinski definition) is 2. The maximum absolute atomic E-state index is 10.2. The number of nitrogens with one attached hydrogen (secondary N) is 1. The van der Waals surface area contributed by atoms with E-state index in [2.05, 4.69) is 0 Å². The minimum Gasteiger partial charge on any atom is -0.369 e. The van der Waals surface area contributed by atoms with Crippen LogP contribution >= 0.6 is 0 Å². The van der Waals surface area contributed by atoms with Crippen LogP contribution in [-0.4, -0.2) is 11.6 Å². The van der Waals surface area contributed by atoms with Crippen LogP contribution in [0.4, 0.5) is 0 Å². The van der Waals surface area contributed by atoms with Gasteiger partial charge in [0.1, 0.15) is 0 Å². The Hall–Kier alpha value is -0.860. The number of rotatable bonds is 4. The summed E-state index contributed by atoms with van der Waals surface area (Å²) in [7, 11) is 0. The summed E-state index contributed by atoms with van der Waals surface area (Å²) in [5, 5.41) is 7.12. The predicted molar refractivity (Wildman–Crippen MR) is 36.4 cm³/mol. The molecule has 0 aliphatic heterocycles. The molecule has 52 valence electrons. The second-order valence-electron chi connectivity index (χ2n) is 2.00. The summed E-state index contributed by atoms with van der Waals surface area (Å²) in [6.45, 7) is 1.97. The zero-order valence-corrected chi connectivity index (χ0v) is 5.61. The Morgan fingerprint density at radius 2 is 2.22 bits per heavy atom. The van der Waals surface area contributed by atoms with E-state index in [4.69, 9.17) is 11.1 Å². The molecule has 3 N–H and O–H groups in total. The zero-order valence-electron chi connectivity index (χ0n) is 5.61. The standard InChI is InChI=1S/C6H12N2O/c1-2-3-5(7)4-6(8)9/h7H,2-4H2,1H3,(H2,8,9). The SMILES string of the molecule is CCCC(=N)CC(N)=O. The van der Waals surface area contributed by atoms with Gasteiger partial charge >= 0.3 is 0 Å². The first-order valence-corrected chi connectivity index (χ1v) is 3.01. The molecule has 0 saturated heterocycles. The van der Waals surface area contributed by atoms with Crippen molar-refractivity contribution >= 4 is 11.6 Å². The smallest absolute Gasteiger partial charge is 0.223 e. The third-order valence-electron chi connectivity index (χ3n) is 0.939. The van der Waals surface area contributed by atoms with Gasteiger partial charge < -0.3 is 11.1 Å². The number of carbonyl (C=O) groups is 1. The van der Waals surface area contributed by atoms with Crippen molar-refractivity contribution in [1.29, 1.82) is 5.41 Å². The quantitative estimate of drug-likeness (QED) is 0.537. The van der Waals surface area contributed by atoms with Crippen molar-refractivity contribution < 1.29 is 4.79 Å². The summed E-state index contributed by atoms with van der Waals surface area (Å²) in [5.41, 5.74) is 5.28. The van der Waals surface area contributed by atoms with Crippen LogP contribution in [0.15, 0.2) is 0 Å². The first kappa shape index (κ1) is 8.14. The van der Waals surface area contributed by atoms with Crippen LogP contribution in [0.1, 0.15) is 26.2 Å².